The van der Waals surface area contributed by atoms with Crippen LogP contribution in [0.15, 0.2) is 42.6 Å². The SMILES string of the molecule is CCCN(CC(=O)N1CCn2cccc2C1c1ccccc1F)C(=O)CC(C)(C)C. The molecule has 0 bridgehead atoms. The Balaban J connectivity index is 1.87. The molecule has 2 aromatic rings. The molecule has 30 heavy (non-hydrogen) atoms. The van der Waals surface area contributed by atoms with Crippen LogP contribution in [0.25, 0.3) is 0 Å². The molecule has 0 radical (unpaired) electrons. The fraction of sp³-hybridized carbons (Fsp3) is 0.500. The van der Waals surface area contributed by atoms with Gasteiger partial charge in [-0.15, -0.1) is 0 Å². The Hall–Kier alpha value is -2.63. The molecule has 1 aromatic heterocycles. The highest BCUT2D eigenvalue weighted by atomic mass is 19.1. The molecule has 0 N–H and O–H groups in total. The number of rotatable bonds is 6. The van der Waals surface area contributed by atoms with Gasteiger partial charge in [0, 0.05) is 43.5 Å². The quantitative estimate of drug-likeness (QED) is 0.711. The van der Waals surface area contributed by atoms with E-state index in [0.717, 1.165) is 12.1 Å². The number of nitrogens with zero attached hydrogens (tertiary/aromatic N) is 3. The molecular formula is C24H32FN3O2. The first kappa shape index (κ1) is 22.1. The Morgan fingerprint density at radius 2 is 1.87 bits per heavy atom. The molecular weight excluding hydrogens is 381 g/mol. The number of hydrogen-bond acceptors (Lipinski definition) is 2. The van der Waals surface area contributed by atoms with E-state index < -0.39 is 6.04 Å². The molecule has 0 saturated carbocycles. The lowest BCUT2D eigenvalue weighted by Gasteiger charge is -2.38. The van der Waals surface area contributed by atoms with Crippen molar-refractivity contribution in [2.75, 3.05) is 19.6 Å². The van der Waals surface area contributed by atoms with Crippen molar-refractivity contribution in [1.82, 2.24) is 14.4 Å². The van der Waals surface area contributed by atoms with E-state index in [-0.39, 0.29) is 29.6 Å². The van der Waals surface area contributed by atoms with Gasteiger partial charge >= 0.3 is 0 Å². The van der Waals surface area contributed by atoms with Gasteiger partial charge in [-0.2, -0.15) is 0 Å². The van der Waals surface area contributed by atoms with Gasteiger partial charge in [-0.3, -0.25) is 9.59 Å². The van der Waals surface area contributed by atoms with Crippen LogP contribution in [0.3, 0.4) is 0 Å². The molecule has 1 aliphatic heterocycles. The second-order valence-electron chi connectivity index (χ2n) is 9.19. The average Bonchev–Trinajstić information content (AvgIpc) is 3.15. The Labute approximate surface area is 178 Å². The number of hydrogen-bond donors (Lipinski definition) is 0. The average molecular weight is 414 g/mol. The Bertz CT molecular complexity index is 900. The Kier molecular flexibility index (Phi) is 6.64. The van der Waals surface area contributed by atoms with Crippen LogP contribution in [0.2, 0.25) is 0 Å². The van der Waals surface area contributed by atoms with Gasteiger partial charge in [0.05, 0.1) is 6.54 Å². The Morgan fingerprint density at radius 1 is 1.13 bits per heavy atom. The van der Waals surface area contributed by atoms with E-state index in [1.54, 1.807) is 28.0 Å². The van der Waals surface area contributed by atoms with Gasteiger partial charge in [0.2, 0.25) is 11.8 Å². The topological polar surface area (TPSA) is 45.6 Å². The molecule has 3 rings (SSSR count). The van der Waals surface area contributed by atoms with Crippen molar-refractivity contribution in [3.05, 3.63) is 59.7 Å². The molecule has 0 spiro atoms. The van der Waals surface area contributed by atoms with E-state index in [2.05, 4.69) is 4.57 Å². The van der Waals surface area contributed by atoms with Crippen LogP contribution in [0.4, 0.5) is 4.39 Å². The summed E-state index contributed by atoms with van der Waals surface area (Å²) >= 11 is 0. The van der Waals surface area contributed by atoms with Gasteiger partial charge in [0.25, 0.3) is 0 Å². The maximum atomic E-state index is 14.7. The molecule has 6 heteroatoms. The summed E-state index contributed by atoms with van der Waals surface area (Å²) in [5.41, 5.74) is 1.23. The van der Waals surface area contributed by atoms with Crippen LogP contribution in [0.1, 0.15) is 57.8 Å². The fourth-order valence-corrected chi connectivity index (χ4v) is 4.06. The number of carbonyl (C=O) groups excluding carboxylic acids is 2. The molecule has 1 aliphatic rings. The first-order valence-electron chi connectivity index (χ1n) is 10.7. The third-order valence-corrected chi connectivity index (χ3v) is 5.41. The maximum absolute atomic E-state index is 14.7. The van der Waals surface area contributed by atoms with Crippen molar-refractivity contribution in [3.63, 3.8) is 0 Å². The van der Waals surface area contributed by atoms with Crippen molar-refractivity contribution in [1.29, 1.82) is 0 Å². The molecule has 2 heterocycles. The molecule has 0 fully saturated rings. The van der Waals surface area contributed by atoms with E-state index in [4.69, 9.17) is 0 Å². The molecule has 5 nitrogen and oxygen atoms in total. The summed E-state index contributed by atoms with van der Waals surface area (Å²) in [5.74, 6) is -0.490. The molecule has 2 amide bonds. The van der Waals surface area contributed by atoms with E-state index >= 15 is 0 Å². The first-order valence-corrected chi connectivity index (χ1v) is 10.7. The Morgan fingerprint density at radius 3 is 2.53 bits per heavy atom. The second-order valence-corrected chi connectivity index (χ2v) is 9.19. The summed E-state index contributed by atoms with van der Waals surface area (Å²) in [5, 5.41) is 0. The van der Waals surface area contributed by atoms with Crippen LogP contribution in [0.5, 0.6) is 0 Å². The summed E-state index contributed by atoms with van der Waals surface area (Å²) in [6.45, 7) is 9.74. The molecule has 1 aromatic carbocycles. The van der Waals surface area contributed by atoms with Crippen LogP contribution in [-0.2, 0) is 16.1 Å². The van der Waals surface area contributed by atoms with Gasteiger partial charge in [0.1, 0.15) is 11.9 Å². The van der Waals surface area contributed by atoms with Crippen LogP contribution in [0, 0.1) is 11.2 Å². The summed E-state index contributed by atoms with van der Waals surface area (Å²) in [4.78, 5) is 29.6. The highest BCUT2D eigenvalue weighted by molar-refractivity contribution is 5.85. The zero-order valence-corrected chi connectivity index (χ0v) is 18.4. The normalized spacial score (nSPS) is 16.3. The number of fused-ring (bicyclic) bond motifs is 1. The molecule has 1 unspecified atom stereocenters. The van der Waals surface area contributed by atoms with Gasteiger partial charge in [-0.05, 0) is 30.0 Å². The van der Waals surface area contributed by atoms with E-state index in [1.165, 1.54) is 6.07 Å². The molecule has 0 aliphatic carbocycles. The van der Waals surface area contributed by atoms with Crippen molar-refractivity contribution < 1.29 is 14.0 Å². The third-order valence-electron chi connectivity index (χ3n) is 5.41. The van der Waals surface area contributed by atoms with Crippen molar-refractivity contribution >= 4 is 11.8 Å². The zero-order chi connectivity index (χ0) is 21.9. The highest BCUT2D eigenvalue weighted by Gasteiger charge is 2.35. The lowest BCUT2D eigenvalue weighted by Crippen LogP contribution is -2.48. The number of amides is 2. The molecule has 0 saturated heterocycles. The summed E-state index contributed by atoms with van der Waals surface area (Å²) in [6.07, 6.45) is 3.13. The monoisotopic (exact) mass is 413 g/mol. The van der Waals surface area contributed by atoms with E-state index in [9.17, 15) is 14.0 Å². The van der Waals surface area contributed by atoms with Crippen molar-refractivity contribution in [3.8, 4) is 0 Å². The predicted octanol–water partition coefficient (Wildman–Crippen LogP) is 4.23. The number of benzene rings is 1. The highest BCUT2D eigenvalue weighted by Crippen LogP contribution is 2.34. The lowest BCUT2D eigenvalue weighted by atomic mass is 9.91. The minimum Gasteiger partial charge on any atom is -0.348 e. The van der Waals surface area contributed by atoms with Gasteiger partial charge < -0.3 is 14.4 Å². The van der Waals surface area contributed by atoms with Crippen molar-refractivity contribution in [2.24, 2.45) is 5.41 Å². The largest absolute Gasteiger partial charge is 0.348 e. The van der Waals surface area contributed by atoms with Gasteiger partial charge in [0.15, 0.2) is 0 Å². The van der Waals surface area contributed by atoms with Crippen LogP contribution in [-0.4, -0.2) is 45.8 Å². The molecule has 1 atom stereocenters. The molecule has 162 valence electrons. The zero-order valence-electron chi connectivity index (χ0n) is 18.4. The third kappa shape index (κ3) is 4.91. The van der Waals surface area contributed by atoms with E-state index in [0.29, 0.717) is 31.6 Å². The van der Waals surface area contributed by atoms with Crippen LogP contribution >= 0.6 is 0 Å². The van der Waals surface area contributed by atoms with Gasteiger partial charge in [-0.1, -0.05) is 45.9 Å². The van der Waals surface area contributed by atoms with Crippen molar-refractivity contribution in [2.45, 2.75) is 53.1 Å². The summed E-state index contributed by atoms with van der Waals surface area (Å²) < 4.78 is 16.8. The minimum atomic E-state index is -0.497. The van der Waals surface area contributed by atoms with E-state index in [1.807, 2.05) is 46.0 Å². The summed E-state index contributed by atoms with van der Waals surface area (Å²) in [6, 6.07) is 9.97. The number of aromatic nitrogens is 1. The van der Waals surface area contributed by atoms with Crippen LogP contribution < -0.4 is 0 Å². The number of halogens is 1. The predicted molar refractivity (Wildman–Crippen MR) is 115 cm³/mol. The maximum Gasteiger partial charge on any atom is 0.243 e. The minimum absolute atomic E-state index is 0.0134. The standard InChI is InChI=1S/C24H32FN3O2/c1-5-12-27(21(29)16-24(2,3)4)17-22(30)28-15-14-26-13-8-11-20(26)23(28)18-9-6-7-10-19(18)25/h6-11,13,23H,5,12,14-17H2,1-4H3. The fourth-order valence-electron chi connectivity index (χ4n) is 4.06. The number of carbonyl (C=O) groups is 2. The lowest BCUT2D eigenvalue weighted by molar-refractivity contribution is -0.143. The summed E-state index contributed by atoms with van der Waals surface area (Å²) in [7, 11) is 0. The second kappa shape index (κ2) is 9.02. The van der Waals surface area contributed by atoms with Gasteiger partial charge in [-0.25, -0.2) is 4.39 Å². The first-order chi connectivity index (χ1) is 14.2. The smallest absolute Gasteiger partial charge is 0.243 e.